The average molecular weight is 1460 g/mol. The van der Waals surface area contributed by atoms with Crippen LogP contribution in [0.3, 0.4) is 0 Å². The Morgan fingerprint density at radius 2 is 0.456 bits per heavy atom. The fourth-order valence-corrected chi connectivity index (χ4v) is 80.4. The molecule has 506 valence electrons. The van der Waals surface area contributed by atoms with Crippen LogP contribution in [0.4, 0.5) is 0 Å². The molecule has 10 aliphatic rings. The van der Waals surface area contributed by atoms with Crippen LogP contribution in [-0.4, -0.2) is 0 Å². The van der Waals surface area contributed by atoms with Gasteiger partial charge < -0.3 is 0 Å². The molecule has 18 rings (SSSR count). The number of halogens is 2. The first-order valence-electron chi connectivity index (χ1n) is 36.4. The van der Waals surface area contributed by atoms with Gasteiger partial charge in [0.2, 0.25) is 0 Å². The minimum absolute atomic E-state index is 0.165. The molecule has 0 N–H and O–H groups in total. The number of benzene rings is 8. The van der Waals surface area contributed by atoms with Crippen LogP contribution >= 0.6 is 17.0 Å². The summed E-state index contributed by atoms with van der Waals surface area (Å²) in [5.74, 6) is 5.22. The molecule has 0 aromatic heterocycles. The van der Waals surface area contributed by atoms with Gasteiger partial charge in [0, 0.05) is 0 Å². The quantitative estimate of drug-likeness (QED) is 0.122. The van der Waals surface area contributed by atoms with Crippen molar-refractivity contribution in [3.05, 3.63) is 429 Å². The second kappa shape index (κ2) is 23.9. The maximum atomic E-state index is 11.5. The molecule has 103 heavy (non-hydrogen) atoms. The maximum absolute atomic E-state index is 11.5. The Hall–Kier alpha value is -9.74. The zero-order valence-electron chi connectivity index (χ0n) is 58.7. The van der Waals surface area contributed by atoms with E-state index in [0.717, 1.165) is 68.2 Å². The Labute approximate surface area is 610 Å². The van der Waals surface area contributed by atoms with E-state index >= 15 is 0 Å². The van der Waals surface area contributed by atoms with Crippen LogP contribution < -0.4 is 18.9 Å². The molecule has 5 spiro atoms. The van der Waals surface area contributed by atoms with Crippen LogP contribution in [0.5, 0.6) is 46.0 Å². The van der Waals surface area contributed by atoms with E-state index in [1.807, 2.05) is 121 Å². The summed E-state index contributed by atoms with van der Waals surface area (Å²) in [7, 11) is 22.9. The van der Waals surface area contributed by atoms with Crippen molar-refractivity contribution in [2.75, 3.05) is 0 Å². The molecular weight excluding hydrogens is 1380 g/mol. The van der Waals surface area contributed by atoms with E-state index in [9.17, 15) is 17.0 Å². The summed E-state index contributed by atoms with van der Waals surface area (Å²) in [4.78, 5) is 0. The Bertz CT molecular complexity index is 4720. The van der Waals surface area contributed by atoms with Gasteiger partial charge in [-0.3, -0.25) is 0 Å². The van der Waals surface area contributed by atoms with Crippen molar-refractivity contribution < 1.29 is 33.9 Å². The molecule has 7 heteroatoms. The van der Waals surface area contributed by atoms with E-state index in [0.29, 0.717) is 0 Å². The van der Waals surface area contributed by atoms with Gasteiger partial charge in [0.05, 0.1) is 0 Å². The van der Waals surface area contributed by atoms with Gasteiger partial charge in [-0.1, -0.05) is 24.3 Å². The second-order valence-electron chi connectivity index (χ2n) is 29.9. The van der Waals surface area contributed by atoms with Gasteiger partial charge in [0.15, 0.2) is 0 Å². The van der Waals surface area contributed by atoms with E-state index in [2.05, 4.69) is 260 Å². The second-order valence-corrected chi connectivity index (χ2v) is 57.7. The number of fused-ring (bicyclic) bond motifs is 8. The van der Waals surface area contributed by atoms with Crippen LogP contribution in [0.1, 0.15) is 87.5 Å². The van der Waals surface area contributed by atoms with Crippen LogP contribution in [0.15, 0.2) is 407 Å². The molecule has 8 aliphatic carbocycles. The van der Waals surface area contributed by atoms with Crippen molar-refractivity contribution in [3.8, 4) is 46.0 Å². The zero-order valence-corrected chi connectivity index (χ0v) is 62.7. The van der Waals surface area contributed by atoms with Crippen molar-refractivity contribution in [2.24, 2.45) is 11.8 Å². The molecule has 2 saturated heterocycles. The molecule has 8 unspecified atom stereocenters. The van der Waals surface area contributed by atoms with Gasteiger partial charge in [0.25, 0.3) is 0 Å². The fourth-order valence-electron chi connectivity index (χ4n) is 23.4. The Balaban J connectivity index is 0.924. The van der Waals surface area contributed by atoms with Gasteiger partial charge >= 0.3 is 591 Å². The third-order valence-corrected chi connectivity index (χ3v) is 68.4. The van der Waals surface area contributed by atoms with Crippen molar-refractivity contribution in [1.29, 1.82) is 0 Å². The summed E-state index contributed by atoms with van der Waals surface area (Å²) in [5.41, 5.74) is 19.4. The average Bonchev–Trinajstić information content (AvgIpc) is 1.51. The number of rotatable bonds is 12. The molecule has 8 aromatic rings. The molecule has 0 radical (unpaired) electrons. The van der Waals surface area contributed by atoms with E-state index in [-0.39, 0.29) is 35.5 Å². The SMILES string of the molecule is CC1=CC2=C(C=CC=CC2c2ccc(Oc3ccccc3)cc2)[C]12C(C)[C]1(C(C)=CC3=C1C=CC=CC3c1ccc(Oc3ccccc3)cc1)[Zr]21([Cl])([Cl])[C]2(C(C)=CC3=C2C=CC=CC3c2ccc(Oc3ccccc3)cc2)C(C)[C]12C(C)=CC1=C2C=CC=CC1c1ccc(Oc2ccccc2)cc1. The molecule has 4 nitrogen and oxygen atoms in total. The third-order valence-electron chi connectivity index (χ3n) is 26.0. The molecular formula is C96H80Cl2O4Zr. The molecule has 0 amide bonds. The molecule has 0 bridgehead atoms. The molecule has 2 fully saturated rings. The molecule has 2 heterocycles. The Morgan fingerprint density at radius 1 is 0.262 bits per heavy atom. The first-order chi connectivity index (χ1) is 50.2. The van der Waals surface area contributed by atoms with Gasteiger partial charge in [-0.2, -0.15) is 0 Å². The molecule has 8 aromatic carbocycles. The predicted molar refractivity (Wildman–Crippen MR) is 420 cm³/mol. The standard InChI is InChI=1S/2C48H40O2.2ClH.Zr/c2*1-32-30-45-41(35-22-26-39(27-23-35)49-37-14-6-4-7-15-37)18-10-12-20-43(45)47(32)34(3)48-33(2)31-46-42(19-11-13-21-44(46)48)36-24-28-40(29-25-36)50-38-16-8-5-9-17-38;;;/h2*4-31,34,41-42H,1-3H3;2*1H;/q;;;;+2/p-2. The number of hydrogen-bond donors (Lipinski definition) is 0. The normalized spacial score (nSPS) is 29.3. The summed E-state index contributed by atoms with van der Waals surface area (Å²) in [6.45, 7) is 14.9. The summed E-state index contributed by atoms with van der Waals surface area (Å²) >= 11 is -7.89. The monoisotopic (exact) mass is 1460 g/mol. The van der Waals surface area contributed by atoms with E-state index in [4.69, 9.17) is 18.9 Å². The molecule has 2 aliphatic heterocycles. The molecule has 0 saturated carbocycles. The Kier molecular flexibility index (Phi) is 15.2. The van der Waals surface area contributed by atoms with Gasteiger partial charge in [-0.05, 0) is 0 Å². The van der Waals surface area contributed by atoms with Crippen LogP contribution in [0, 0.1) is 11.8 Å². The predicted octanol–water partition coefficient (Wildman–Crippen LogP) is 27.3. The minimum atomic E-state index is -7.89. The van der Waals surface area contributed by atoms with Gasteiger partial charge in [-0.25, -0.2) is 0 Å². The van der Waals surface area contributed by atoms with Crippen molar-refractivity contribution in [3.63, 3.8) is 0 Å². The van der Waals surface area contributed by atoms with E-state index in [1.54, 1.807) is 0 Å². The van der Waals surface area contributed by atoms with E-state index in [1.165, 1.54) is 66.9 Å². The van der Waals surface area contributed by atoms with Crippen LogP contribution in [-0.2, 0) is 14.9 Å². The zero-order chi connectivity index (χ0) is 70.2. The van der Waals surface area contributed by atoms with Gasteiger partial charge in [0.1, 0.15) is 0 Å². The summed E-state index contributed by atoms with van der Waals surface area (Å²) < 4.78 is 22.0. The van der Waals surface area contributed by atoms with Crippen molar-refractivity contribution in [1.82, 2.24) is 0 Å². The van der Waals surface area contributed by atoms with E-state index < -0.39 is 27.4 Å². The first-order valence-corrected chi connectivity index (χ1v) is 47.6. The van der Waals surface area contributed by atoms with Crippen molar-refractivity contribution >= 4 is 17.0 Å². The Morgan fingerprint density at radius 3 is 0.660 bits per heavy atom. The summed E-state index contributed by atoms with van der Waals surface area (Å²) in [6.07, 6.45) is 47.9. The summed E-state index contributed by atoms with van der Waals surface area (Å²) in [6, 6.07) is 75.1. The number of para-hydroxylation sites is 4. The molecule has 8 atom stereocenters. The van der Waals surface area contributed by atoms with Crippen LogP contribution in [0.2, 0.25) is 12.5 Å². The topological polar surface area (TPSA) is 36.9 Å². The van der Waals surface area contributed by atoms with Gasteiger partial charge in [-0.15, -0.1) is 0 Å². The summed E-state index contributed by atoms with van der Waals surface area (Å²) in [5, 5.41) is 0. The van der Waals surface area contributed by atoms with Crippen LogP contribution in [0.25, 0.3) is 0 Å². The number of allylic oxidation sites excluding steroid dienone is 32. The third kappa shape index (κ3) is 8.23. The van der Waals surface area contributed by atoms with Crippen molar-refractivity contribution in [2.45, 2.75) is 77.7 Å². The first kappa shape index (κ1) is 65.3. The number of ether oxygens (including phenoxy) is 4. The number of hydrogen-bond acceptors (Lipinski definition) is 4. The fraction of sp³-hybridized carbons (Fsp3) is 0.167.